The number of aliphatic hydroxyl groups is 4. The molecule has 0 unspecified atom stereocenters. The third-order valence-electron chi connectivity index (χ3n) is 5.93. The van der Waals surface area contributed by atoms with Crippen molar-refractivity contribution >= 4 is 22.2 Å². The Bertz CT molecular complexity index is 1240. The van der Waals surface area contributed by atoms with Crippen molar-refractivity contribution in [2.75, 3.05) is 6.61 Å². The number of aliphatic hydroxyl groups excluding tert-OH is 4. The van der Waals surface area contributed by atoms with Gasteiger partial charge in [-0.1, -0.05) is 36.4 Å². The highest BCUT2D eigenvalue weighted by molar-refractivity contribution is 7.15. The Labute approximate surface area is 199 Å². The van der Waals surface area contributed by atoms with Crippen molar-refractivity contribution < 1.29 is 34.9 Å². The zero-order chi connectivity index (χ0) is 23.7. The zero-order valence-corrected chi connectivity index (χ0v) is 18.9. The van der Waals surface area contributed by atoms with E-state index in [0.29, 0.717) is 12.2 Å². The van der Waals surface area contributed by atoms with E-state index in [9.17, 15) is 20.4 Å². The lowest BCUT2D eigenvalue weighted by Crippen LogP contribution is -2.59. The molecule has 5 atom stereocenters. The summed E-state index contributed by atoms with van der Waals surface area (Å²) in [4.78, 5) is 16.5. The van der Waals surface area contributed by atoms with Gasteiger partial charge in [0.15, 0.2) is 18.1 Å². The molecular weight excluding hydrogens is 458 g/mol. The van der Waals surface area contributed by atoms with Crippen LogP contribution in [0.2, 0.25) is 0 Å². The number of thiophene rings is 1. The van der Waals surface area contributed by atoms with Crippen LogP contribution in [-0.4, -0.2) is 62.7 Å². The van der Waals surface area contributed by atoms with E-state index in [1.54, 1.807) is 23.5 Å². The quantitative estimate of drug-likeness (QED) is 0.202. The number of hydrogen-bond donors (Lipinski definition) is 5. The molecule has 34 heavy (non-hydrogen) atoms. The number of ether oxygens (including phenoxy) is 1. The van der Waals surface area contributed by atoms with Gasteiger partial charge in [0, 0.05) is 33.3 Å². The first-order chi connectivity index (χ1) is 16.5. The van der Waals surface area contributed by atoms with Gasteiger partial charge < -0.3 is 35.0 Å². The van der Waals surface area contributed by atoms with Crippen LogP contribution in [0.25, 0.3) is 21.3 Å². The molecule has 5 N–H and O–H groups in total. The molecule has 1 saturated heterocycles. The average molecular weight is 484 g/mol. The van der Waals surface area contributed by atoms with Crippen molar-refractivity contribution in [1.82, 2.24) is 4.98 Å². The van der Waals surface area contributed by atoms with E-state index in [2.05, 4.69) is 29.2 Å². The standard InChI is InChI=1S/C25H25NO7S/c27-13-19-22(28)23(29)24(25(30)31-19)33-32-18-8-4-7-17-21(18)15(12-26-17)11-16-9-10-20(34-16)14-5-2-1-3-6-14/h1-10,12,19,22-30H,11,13H2/t19-,22-,23+,24-,25-/m1/s1. The Balaban J connectivity index is 1.35. The first-order valence-corrected chi connectivity index (χ1v) is 11.7. The highest BCUT2D eigenvalue weighted by Gasteiger charge is 2.45. The summed E-state index contributed by atoms with van der Waals surface area (Å²) >= 11 is 1.72. The Kier molecular flexibility index (Phi) is 6.66. The minimum atomic E-state index is -1.58. The van der Waals surface area contributed by atoms with Gasteiger partial charge in [-0.15, -0.1) is 11.3 Å². The number of fused-ring (bicyclic) bond motifs is 1. The van der Waals surface area contributed by atoms with Crippen molar-refractivity contribution in [3.05, 3.63) is 77.3 Å². The molecule has 8 nitrogen and oxygen atoms in total. The Morgan fingerprint density at radius 1 is 0.941 bits per heavy atom. The zero-order valence-electron chi connectivity index (χ0n) is 18.1. The first kappa shape index (κ1) is 23.0. The molecule has 0 amide bonds. The molecule has 0 saturated carbocycles. The second-order valence-electron chi connectivity index (χ2n) is 8.17. The summed E-state index contributed by atoms with van der Waals surface area (Å²) in [7, 11) is 0. The molecular formula is C25H25NO7S. The topological polar surface area (TPSA) is 124 Å². The van der Waals surface area contributed by atoms with E-state index in [-0.39, 0.29) is 0 Å². The smallest absolute Gasteiger partial charge is 0.188 e. The van der Waals surface area contributed by atoms with Crippen LogP contribution in [0, 0.1) is 0 Å². The van der Waals surface area contributed by atoms with E-state index in [1.807, 2.05) is 30.5 Å². The highest BCUT2D eigenvalue weighted by atomic mass is 32.1. The van der Waals surface area contributed by atoms with E-state index in [0.717, 1.165) is 16.5 Å². The number of hydrogen-bond acceptors (Lipinski definition) is 8. The van der Waals surface area contributed by atoms with Gasteiger partial charge in [0.2, 0.25) is 0 Å². The minimum Gasteiger partial charge on any atom is -0.394 e. The molecule has 1 aliphatic rings. The van der Waals surface area contributed by atoms with Gasteiger partial charge in [-0.25, -0.2) is 0 Å². The van der Waals surface area contributed by atoms with Crippen molar-refractivity contribution in [3.63, 3.8) is 0 Å². The predicted molar refractivity (Wildman–Crippen MR) is 126 cm³/mol. The fourth-order valence-corrected chi connectivity index (χ4v) is 5.17. The summed E-state index contributed by atoms with van der Waals surface area (Å²) in [6, 6.07) is 19.9. The molecule has 178 valence electrons. The number of benzene rings is 2. The fraction of sp³-hybridized carbons (Fsp3) is 0.280. The van der Waals surface area contributed by atoms with Crippen LogP contribution < -0.4 is 4.89 Å². The lowest BCUT2D eigenvalue weighted by molar-refractivity contribution is -0.364. The molecule has 1 fully saturated rings. The maximum absolute atomic E-state index is 10.3. The van der Waals surface area contributed by atoms with E-state index in [4.69, 9.17) is 14.5 Å². The van der Waals surface area contributed by atoms with Crippen LogP contribution in [0.4, 0.5) is 0 Å². The summed E-state index contributed by atoms with van der Waals surface area (Å²) in [5, 5.41) is 40.5. The van der Waals surface area contributed by atoms with Crippen molar-refractivity contribution in [3.8, 4) is 16.2 Å². The summed E-state index contributed by atoms with van der Waals surface area (Å²) in [6.07, 6.45) is -4.40. The van der Waals surface area contributed by atoms with E-state index >= 15 is 0 Å². The van der Waals surface area contributed by atoms with Crippen molar-refractivity contribution in [2.24, 2.45) is 0 Å². The molecule has 1 aliphatic heterocycles. The van der Waals surface area contributed by atoms with Crippen LogP contribution in [-0.2, 0) is 16.0 Å². The number of H-pyrrole nitrogens is 1. The Morgan fingerprint density at radius 3 is 2.56 bits per heavy atom. The second kappa shape index (κ2) is 9.85. The SMILES string of the molecule is OC[C@H]1O[C@@H](O)[C@H](OOc2cccc3[nH]cc(Cc4ccc(-c5ccccc5)s4)c23)[C@@H](O)[C@@H]1O. The molecule has 2 aromatic carbocycles. The number of aromatic amines is 1. The Hall–Kier alpha value is -2.76. The fourth-order valence-electron chi connectivity index (χ4n) is 4.13. The number of rotatable bonds is 7. The van der Waals surface area contributed by atoms with Crippen LogP contribution in [0.5, 0.6) is 5.75 Å². The molecule has 0 spiro atoms. The summed E-state index contributed by atoms with van der Waals surface area (Å²) in [5.74, 6) is 0.395. The molecule has 0 bridgehead atoms. The van der Waals surface area contributed by atoms with Gasteiger partial charge in [0.05, 0.1) is 6.61 Å². The lowest BCUT2D eigenvalue weighted by atomic mass is 9.99. The largest absolute Gasteiger partial charge is 0.394 e. The van der Waals surface area contributed by atoms with Crippen molar-refractivity contribution in [1.29, 1.82) is 0 Å². The van der Waals surface area contributed by atoms with Gasteiger partial charge in [0.25, 0.3) is 0 Å². The highest BCUT2D eigenvalue weighted by Crippen LogP contribution is 2.34. The normalized spacial score (nSPS) is 25.0. The number of aromatic nitrogens is 1. The summed E-state index contributed by atoms with van der Waals surface area (Å²) in [5.41, 5.74) is 3.02. The predicted octanol–water partition coefficient (Wildman–Crippen LogP) is 2.60. The molecule has 4 aromatic rings. The van der Waals surface area contributed by atoms with Crippen molar-refractivity contribution in [2.45, 2.75) is 37.1 Å². The second-order valence-corrected chi connectivity index (χ2v) is 9.34. The van der Waals surface area contributed by atoms with Gasteiger partial charge >= 0.3 is 0 Å². The summed E-state index contributed by atoms with van der Waals surface area (Å²) < 4.78 is 5.12. The molecule has 0 radical (unpaired) electrons. The third kappa shape index (κ3) is 4.47. The van der Waals surface area contributed by atoms with Gasteiger partial charge in [0.1, 0.15) is 18.3 Å². The lowest BCUT2D eigenvalue weighted by Gasteiger charge is -2.38. The third-order valence-corrected chi connectivity index (χ3v) is 7.06. The van der Waals surface area contributed by atoms with E-state index in [1.165, 1.54) is 15.3 Å². The molecule has 0 aliphatic carbocycles. The molecule has 3 heterocycles. The molecule has 2 aromatic heterocycles. The van der Waals surface area contributed by atoms with Gasteiger partial charge in [-0.05, 0) is 35.4 Å². The van der Waals surface area contributed by atoms with E-state index < -0.39 is 37.3 Å². The maximum Gasteiger partial charge on any atom is 0.188 e. The van der Waals surface area contributed by atoms with Crippen LogP contribution in [0.15, 0.2) is 66.9 Å². The average Bonchev–Trinajstić information content (AvgIpc) is 3.50. The Morgan fingerprint density at radius 2 is 1.76 bits per heavy atom. The van der Waals surface area contributed by atoms with Gasteiger partial charge in [-0.2, -0.15) is 4.89 Å². The first-order valence-electron chi connectivity index (χ1n) is 10.9. The maximum atomic E-state index is 10.3. The van der Waals surface area contributed by atoms with Gasteiger partial charge in [-0.3, -0.25) is 0 Å². The van der Waals surface area contributed by atoms with Crippen LogP contribution in [0.3, 0.4) is 0 Å². The summed E-state index contributed by atoms with van der Waals surface area (Å²) in [6.45, 7) is -0.552. The van der Waals surface area contributed by atoms with Crippen LogP contribution >= 0.6 is 11.3 Å². The van der Waals surface area contributed by atoms with Crippen LogP contribution in [0.1, 0.15) is 10.4 Å². The minimum absolute atomic E-state index is 0.395. The number of nitrogens with one attached hydrogen (secondary N) is 1. The monoisotopic (exact) mass is 483 g/mol. The molecule has 9 heteroatoms. The molecule has 5 rings (SSSR count).